The van der Waals surface area contributed by atoms with Crippen LogP contribution in [0.5, 0.6) is 0 Å². The number of pyridine rings is 1. The molecule has 1 spiro atoms. The molecule has 3 fully saturated rings. The van der Waals surface area contributed by atoms with Crippen molar-refractivity contribution in [2.45, 2.75) is 51.9 Å². The number of hydrogen-bond donors (Lipinski definition) is 2. The van der Waals surface area contributed by atoms with Crippen LogP contribution in [0.3, 0.4) is 0 Å². The van der Waals surface area contributed by atoms with Crippen LogP contribution in [-0.2, 0) is 16.1 Å². The van der Waals surface area contributed by atoms with Crippen LogP contribution >= 0.6 is 0 Å². The molecule has 4 heterocycles. The first kappa shape index (κ1) is 23.4. The molecule has 1 amide bonds. The minimum atomic E-state index is -0.250. The quantitative estimate of drug-likeness (QED) is 0.679. The molecule has 3 aliphatic rings. The number of aryl methyl sites for hydroxylation is 3. The minimum Gasteiger partial charge on any atom is -0.483 e. The lowest BCUT2D eigenvalue weighted by Crippen LogP contribution is -2.42. The number of nitrogens with zero attached hydrogens (tertiary/aromatic N) is 2. The number of rotatable bonds is 5. The molecule has 0 unspecified atom stereocenters. The van der Waals surface area contributed by atoms with Gasteiger partial charge >= 0.3 is 0 Å². The molecular weight excluding hydrogens is 418 g/mol. The average Bonchev–Trinajstić information content (AvgIpc) is 3.44. The number of hydrogen-bond acceptors (Lipinski definition) is 5. The summed E-state index contributed by atoms with van der Waals surface area (Å²) in [5, 5.41) is 10.1. The highest BCUT2D eigenvalue weighted by atomic mass is 16.5. The first-order valence-electron chi connectivity index (χ1n) is 11.6. The summed E-state index contributed by atoms with van der Waals surface area (Å²) < 4.78 is 6.55. The van der Waals surface area contributed by atoms with Gasteiger partial charge in [-0.3, -0.25) is 19.5 Å². The van der Waals surface area contributed by atoms with Crippen LogP contribution < -0.4 is 5.32 Å². The Morgan fingerprint density at radius 1 is 1.27 bits per heavy atom. The van der Waals surface area contributed by atoms with Crippen LogP contribution in [0, 0.1) is 32.6 Å². The number of carboxylic acid groups (broad SMARTS) is 1. The second-order valence-corrected chi connectivity index (χ2v) is 9.59. The van der Waals surface area contributed by atoms with Gasteiger partial charge in [0.1, 0.15) is 0 Å². The highest BCUT2D eigenvalue weighted by Gasteiger charge is 2.62. The van der Waals surface area contributed by atoms with Crippen molar-refractivity contribution < 1.29 is 19.4 Å². The fourth-order valence-corrected chi connectivity index (χ4v) is 5.91. The number of carbonyl (C=O) groups is 2. The van der Waals surface area contributed by atoms with Gasteiger partial charge in [0.2, 0.25) is 0 Å². The van der Waals surface area contributed by atoms with Crippen LogP contribution in [0.1, 0.15) is 45.6 Å². The first-order chi connectivity index (χ1) is 15.9. The molecule has 0 saturated carbocycles. The highest BCUT2D eigenvalue weighted by molar-refractivity contribution is 5.95. The van der Waals surface area contributed by atoms with Crippen molar-refractivity contribution in [2.24, 2.45) is 11.8 Å². The van der Waals surface area contributed by atoms with E-state index < -0.39 is 0 Å². The molecule has 0 radical (unpaired) electrons. The van der Waals surface area contributed by atoms with Crippen molar-refractivity contribution in [3.05, 3.63) is 64.5 Å². The lowest BCUT2D eigenvalue weighted by Gasteiger charge is -2.29. The number of amides is 1. The van der Waals surface area contributed by atoms with Crippen LogP contribution in [0.4, 0.5) is 0 Å². The molecule has 7 nitrogen and oxygen atoms in total. The van der Waals surface area contributed by atoms with E-state index >= 15 is 0 Å². The van der Waals surface area contributed by atoms with E-state index in [1.54, 1.807) is 0 Å². The predicted molar refractivity (Wildman–Crippen MR) is 125 cm³/mol. The molecule has 2 N–H and O–H groups in total. The Kier molecular flexibility index (Phi) is 6.81. The largest absolute Gasteiger partial charge is 0.483 e. The predicted octanol–water partition coefficient (Wildman–Crippen LogP) is 3.12. The molecule has 1 aromatic heterocycles. The molecule has 4 atom stereocenters. The second-order valence-electron chi connectivity index (χ2n) is 9.59. The standard InChI is InChI=1S/C25H31N3O2.CH2O2/c1-16-10-18(3)20(11-17(16)2)24(29)27-12-21-22-14-28(13-19-6-4-5-9-26-19)15-25(22)8-7-23(21)30-25;2-1-3/h4-6,9-11,21-23H,7-8,12-15H2,1-3H3,(H,27,29);1H,(H,2,3)/t21-,22+,23+,25+;/m0./s1. The van der Waals surface area contributed by atoms with Crippen molar-refractivity contribution in [1.82, 2.24) is 15.2 Å². The van der Waals surface area contributed by atoms with E-state index in [2.05, 4.69) is 41.2 Å². The summed E-state index contributed by atoms with van der Waals surface area (Å²) in [7, 11) is 0. The Morgan fingerprint density at radius 3 is 2.76 bits per heavy atom. The molecule has 2 bridgehead atoms. The van der Waals surface area contributed by atoms with Gasteiger partial charge in [0.05, 0.1) is 17.4 Å². The van der Waals surface area contributed by atoms with Crippen molar-refractivity contribution in [1.29, 1.82) is 0 Å². The third kappa shape index (κ3) is 4.66. The number of aromatic nitrogens is 1. The maximum Gasteiger partial charge on any atom is 0.290 e. The lowest BCUT2D eigenvalue weighted by atomic mass is 9.73. The topological polar surface area (TPSA) is 91.8 Å². The van der Waals surface area contributed by atoms with Crippen LogP contribution in [0.15, 0.2) is 36.5 Å². The molecule has 2 aromatic rings. The number of nitrogens with one attached hydrogen (secondary N) is 1. The van der Waals surface area contributed by atoms with Crippen LogP contribution in [-0.4, -0.2) is 58.7 Å². The Hall–Kier alpha value is -2.77. The zero-order chi connectivity index (χ0) is 23.6. The number of ether oxygens (including phenoxy) is 1. The van der Waals surface area contributed by atoms with Gasteiger partial charge in [0.15, 0.2) is 0 Å². The summed E-state index contributed by atoms with van der Waals surface area (Å²) in [4.78, 5) is 28.3. The summed E-state index contributed by atoms with van der Waals surface area (Å²) in [6, 6.07) is 10.2. The number of benzene rings is 1. The van der Waals surface area contributed by atoms with E-state index in [-0.39, 0.29) is 24.1 Å². The van der Waals surface area contributed by atoms with Crippen molar-refractivity contribution in [3.63, 3.8) is 0 Å². The Labute approximate surface area is 195 Å². The fourth-order valence-electron chi connectivity index (χ4n) is 5.91. The molecular formula is C26H33N3O4. The van der Waals surface area contributed by atoms with E-state index in [9.17, 15) is 4.79 Å². The number of fused-ring (bicyclic) bond motifs is 1. The van der Waals surface area contributed by atoms with E-state index in [0.717, 1.165) is 54.9 Å². The fraction of sp³-hybridized carbons (Fsp3) is 0.500. The maximum atomic E-state index is 12.9. The summed E-state index contributed by atoms with van der Waals surface area (Å²) in [6.07, 6.45) is 4.40. The Morgan fingerprint density at radius 2 is 2.03 bits per heavy atom. The van der Waals surface area contributed by atoms with Gasteiger partial charge in [0, 0.05) is 49.8 Å². The third-order valence-corrected chi connectivity index (χ3v) is 7.55. The Balaban J connectivity index is 0.000000821. The SMILES string of the molecule is Cc1cc(C)c(C(=O)NC[C@H]2[C@H]3CN(Cc4ccccn4)C[C@]34CC[C@H]2O4)cc1C.O=CO. The van der Waals surface area contributed by atoms with Gasteiger partial charge in [-0.05, 0) is 68.5 Å². The minimum absolute atomic E-state index is 0.0226. The number of likely N-dealkylation sites (tertiary alicyclic amines) is 1. The van der Waals surface area contributed by atoms with Gasteiger partial charge in [-0.15, -0.1) is 0 Å². The summed E-state index contributed by atoms with van der Waals surface area (Å²) in [6.45, 7) is 9.49. The van der Waals surface area contributed by atoms with Gasteiger partial charge in [-0.2, -0.15) is 0 Å². The van der Waals surface area contributed by atoms with Crippen molar-refractivity contribution in [2.75, 3.05) is 19.6 Å². The lowest BCUT2D eigenvalue weighted by molar-refractivity contribution is -0.122. The zero-order valence-electron chi connectivity index (χ0n) is 19.6. The molecule has 33 heavy (non-hydrogen) atoms. The van der Waals surface area contributed by atoms with E-state index in [1.807, 2.05) is 31.3 Å². The van der Waals surface area contributed by atoms with Gasteiger partial charge < -0.3 is 15.2 Å². The Bertz CT molecular complexity index is 1010. The van der Waals surface area contributed by atoms with Gasteiger partial charge in [-0.25, -0.2) is 0 Å². The highest BCUT2D eigenvalue weighted by Crippen LogP contribution is 2.54. The van der Waals surface area contributed by atoms with Crippen LogP contribution in [0.2, 0.25) is 0 Å². The monoisotopic (exact) mass is 451 g/mol. The molecule has 1 aromatic carbocycles. The number of carbonyl (C=O) groups excluding carboxylic acids is 1. The molecule has 176 valence electrons. The van der Waals surface area contributed by atoms with Crippen molar-refractivity contribution in [3.8, 4) is 0 Å². The molecule has 0 aliphatic carbocycles. The van der Waals surface area contributed by atoms with Crippen molar-refractivity contribution >= 4 is 12.4 Å². The average molecular weight is 452 g/mol. The van der Waals surface area contributed by atoms with Crippen LogP contribution in [0.25, 0.3) is 0 Å². The normalized spacial score (nSPS) is 27.5. The second kappa shape index (κ2) is 9.61. The maximum absolute atomic E-state index is 12.9. The molecule has 7 heteroatoms. The summed E-state index contributed by atoms with van der Waals surface area (Å²) in [5.74, 6) is 0.917. The molecule has 3 aliphatic heterocycles. The van der Waals surface area contributed by atoms with E-state index in [4.69, 9.17) is 14.6 Å². The molecule has 3 saturated heterocycles. The summed E-state index contributed by atoms with van der Waals surface area (Å²) in [5.41, 5.74) is 5.31. The zero-order valence-corrected chi connectivity index (χ0v) is 19.6. The first-order valence-corrected chi connectivity index (χ1v) is 11.6. The molecule has 5 rings (SSSR count). The van der Waals surface area contributed by atoms with Gasteiger partial charge in [-0.1, -0.05) is 12.1 Å². The van der Waals surface area contributed by atoms with Gasteiger partial charge in [0.25, 0.3) is 12.4 Å². The van der Waals surface area contributed by atoms with E-state index in [0.29, 0.717) is 18.4 Å². The summed E-state index contributed by atoms with van der Waals surface area (Å²) >= 11 is 0. The van der Waals surface area contributed by atoms with E-state index in [1.165, 1.54) is 5.56 Å². The smallest absolute Gasteiger partial charge is 0.290 e. The third-order valence-electron chi connectivity index (χ3n) is 7.55.